The van der Waals surface area contributed by atoms with E-state index in [0.717, 1.165) is 18.5 Å². The molecule has 5 heteroatoms. The quantitative estimate of drug-likeness (QED) is 0.864. The molecule has 1 heterocycles. The van der Waals surface area contributed by atoms with Gasteiger partial charge in [-0.2, -0.15) is 0 Å². The number of nitrogens with one attached hydrogen (secondary N) is 1. The Balaban J connectivity index is 2.07. The zero-order valence-electron chi connectivity index (χ0n) is 13.3. The monoisotopic (exact) mass is 303 g/mol. The highest BCUT2D eigenvalue weighted by molar-refractivity contribution is 5.79. The molecule has 2 rings (SSSR count). The lowest BCUT2D eigenvalue weighted by atomic mass is 10.0. The van der Waals surface area contributed by atoms with E-state index in [4.69, 9.17) is 5.73 Å². The van der Waals surface area contributed by atoms with Crippen molar-refractivity contribution in [2.24, 2.45) is 11.7 Å². The predicted octanol–water partition coefficient (Wildman–Crippen LogP) is 1.45. The third-order valence-electron chi connectivity index (χ3n) is 4.27. The van der Waals surface area contributed by atoms with Crippen LogP contribution in [0.3, 0.4) is 0 Å². The lowest BCUT2D eigenvalue weighted by Gasteiger charge is -2.25. The molecule has 1 saturated heterocycles. The van der Waals surface area contributed by atoms with Crippen LogP contribution >= 0.6 is 0 Å². The van der Waals surface area contributed by atoms with Gasteiger partial charge in [0.25, 0.3) is 0 Å². The third-order valence-corrected chi connectivity index (χ3v) is 4.27. The van der Waals surface area contributed by atoms with Crippen molar-refractivity contribution in [2.75, 3.05) is 13.1 Å². The molecule has 0 saturated carbocycles. The van der Waals surface area contributed by atoms with E-state index in [1.165, 1.54) is 6.92 Å². The minimum Gasteiger partial charge on any atom is -0.349 e. The highest BCUT2D eigenvalue weighted by Crippen LogP contribution is 2.25. The van der Waals surface area contributed by atoms with Gasteiger partial charge in [0.2, 0.25) is 11.8 Å². The minimum absolute atomic E-state index is 0.0750. The van der Waals surface area contributed by atoms with Crippen molar-refractivity contribution >= 4 is 11.8 Å². The second-order valence-electron chi connectivity index (χ2n) is 6.10. The van der Waals surface area contributed by atoms with Gasteiger partial charge in [-0.05, 0) is 31.4 Å². The second kappa shape index (κ2) is 7.40. The third kappa shape index (κ3) is 4.07. The van der Waals surface area contributed by atoms with E-state index in [1.54, 1.807) is 0 Å². The van der Waals surface area contributed by atoms with Crippen molar-refractivity contribution in [2.45, 2.75) is 38.8 Å². The zero-order chi connectivity index (χ0) is 16.1. The van der Waals surface area contributed by atoms with Gasteiger partial charge in [0.1, 0.15) is 0 Å². The van der Waals surface area contributed by atoms with Gasteiger partial charge >= 0.3 is 0 Å². The summed E-state index contributed by atoms with van der Waals surface area (Å²) in [6.45, 7) is 4.87. The number of carbonyl (C=O) groups is 2. The number of nitrogens with zero attached hydrogens (tertiary/aromatic N) is 1. The largest absolute Gasteiger partial charge is 0.349 e. The van der Waals surface area contributed by atoms with E-state index in [2.05, 4.69) is 12.2 Å². The van der Waals surface area contributed by atoms with Crippen LogP contribution in [-0.4, -0.2) is 35.8 Å². The Morgan fingerprint density at radius 3 is 2.59 bits per heavy atom. The first-order chi connectivity index (χ1) is 10.5. The smallest absolute Gasteiger partial charge is 0.225 e. The molecule has 3 unspecified atom stereocenters. The van der Waals surface area contributed by atoms with E-state index in [9.17, 15) is 9.59 Å². The van der Waals surface area contributed by atoms with Crippen LogP contribution in [0, 0.1) is 5.92 Å². The highest BCUT2D eigenvalue weighted by Gasteiger charge is 2.32. The maximum Gasteiger partial charge on any atom is 0.225 e. The molecule has 0 spiro atoms. The fourth-order valence-electron chi connectivity index (χ4n) is 3.14. The summed E-state index contributed by atoms with van der Waals surface area (Å²) >= 11 is 0. The van der Waals surface area contributed by atoms with Crippen LogP contribution < -0.4 is 11.1 Å². The number of hydrogen-bond acceptors (Lipinski definition) is 3. The Morgan fingerprint density at radius 1 is 1.36 bits per heavy atom. The van der Waals surface area contributed by atoms with Gasteiger partial charge in [-0.15, -0.1) is 0 Å². The van der Waals surface area contributed by atoms with Crippen LogP contribution in [0.15, 0.2) is 30.3 Å². The molecule has 2 amide bonds. The molecule has 3 atom stereocenters. The van der Waals surface area contributed by atoms with E-state index < -0.39 is 0 Å². The molecule has 22 heavy (non-hydrogen) atoms. The first kappa shape index (κ1) is 16.5. The molecular formula is C17H25N3O2. The molecule has 0 bridgehead atoms. The summed E-state index contributed by atoms with van der Waals surface area (Å²) in [7, 11) is 0. The van der Waals surface area contributed by atoms with Crippen LogP contribution in [0.2, 0.25) is 0 Å². The fourth-order valence-corrected chi connectivity index (χ4v) is 3.14. The van der Waals surface area contributed by atoms with Gasteiger partial charge in [-0.3, -0.25) is 9.59 Å². The molecule has 0 aromatic heterocycles. The fraction of sp³-hybridized carbons (Fsp3) is 0.529. The number of amides is 2. The van der Waals surface area contributed by atoms with Crippen molar-refractivity contribution in [3.8, 4) is 0 Å². The Hall–Kier alpha value is -1.88. The van der Waals surface area contributed by atoms with Gasteiger partial charge in [0.05, 0.1) is 12.5 Å². The molecule has 1 aromatic carbocycles. The molecule has 1 aromatic rings. The molecular weight excluding hydrogens is 278 g/mol. The number of carbonyl (C=O) groups excluding carboxylic acids is 2. The maximum atomic E-state index is 12.6. The SMILES string of the molecule is CC(=O)NC(CC(=O)N1CC(CN)CC1C)c1ccccc1. The van der Waals surface area contributed by atoms with E-state index in [-0.39, 0.29) is 30.3 Å². The van der Waals surface area contributed by atoms with Crippen molar-refractivity contribution in [3.05, 3.63) is 35.9 Å². The number of rotatable bonds is 5. The summed E-state index contributed by atoms with van der Waals surface area (Å²) < 4.78 is 0. The summed E-state index contributed by atoms with van der Waals surface area (Å²) in [6.07, 6.45) is 1.24. The summed E-state index contributed by atoms with van der Waals surface area (Å²) in [5.74, 6) is 0.330. The molecule has 3 N–H and O–H groups in total. The Labute approximate surface area is 131 Å². The molecule has 1 aliphatic heterocycles. The lowest BCUT2D eigenvalue weighted by Crippen LogP contribution is -2.38. The van der Waals surface area contributed by atoms with Crippen LogP contribution in [0.25, 0.3) is 0 Å². The van der Waals surface area contributed by atoms with Crippen LogP contribution in [0.4, 0.5) is 0 Å². The molecule has 0 aliphatic carbocycles. The summed E-state index contributed by atoms with van der Waals surface area (Å²) in [6, 6.07) is 9.55. The van der Waals surface area contributed by atoms with Gasteiger partial charge in [0, 0.05) is 19.5 Å². The molecule has 120 valence electrons. The average Bonchev–Trinajstić information content (AvgIpc) is 2.88. The number of benzene rings is 1. The van der Waals surface area contributed by atoms with Gasteiger partial charge in [-0.25, -0.2) is 0 Å². The topological polar surface area (TPSA) is 75.4 Å². The Morgan fingerprint density at radius 2 is 2.05 bits per heavy atom. The Bertz CT molecular complexity index is 518. The standard InChI is InChI=1S/C17H25N3O2/c1-12-8-14(10-18)11-20(12)17(22)9-16(19-13(2)21)15-6-4-3-5-7-15/h3-7,12,14,16H,8-11,18H2,1-2H3,(H,19,21). The van der Waals surface area contributed by atoms with Crippen molar-refractivity contribution in [1.29, 1.82) is 0 Å². The minimum atomic E-state index is -0.282. The van der Waals surface area contributed by atoms with Crippen LogP contribution in [-0.2, 0) is 9.59 Å². The summed E-state index contributed by atoms with van der Waals surface area (Å²) in [5.41, 5.74) is 6.67. The summed E-state index contributed by atoms with van der Waals surface area (Å²) in [4.78, 5) is 26.0. The number of hydrogen-bond donors (Lipinski definition) is 2. The van der Waals surface area contributed by atoms with Crippen molar-refractivity contribution in [3.63, 3.8) is 0 Å². The first-order valence-electron chi connectivity index (χ1n) is 7.82. The van der Waals surface area contributed by atoms with Crippen molar-refractivity contribution in [1.82, 2.24) is 10.2 Å². The zero-order valence-corrected chi connectivity index (χ0v) is 13.3. The Kier molecular flexibility index (Phi) is 5.55. The maximum absolute atomic E-state index is 12.6. The first-order valence-corrected chi connectivity index (χ1v) is 7.82. The average molecular weight is 303 g/mol. The van der Waals surface area contributed by atoms with Gasteiger partial charge in [0.15, 0.2) is 0 Å². The molecule has 0 radical (unpaired) electrons. The predicted molar refractivity (Wildman–Crippen MR) is 86.0 cm³/mol. The van der Waals surface area contributed by atoms with E-state index in [1.807, 2.05) is 35.2 Å². The number of nitrogens with two attached hydrogens (primary N) is 1. The van der Waals surface area contributed by atoms with E-state index in [0.29, 0.717) is 12.5 Å². The van der Waals surface area contributed by atoms with Gasteiger partial charge in [-0.1, -0.05) is 30.3 Å². The molecule has 1 fully saturated rings. The highest BCUT2D eigenvalue weighted by atomic mass is 16.2. The van der Waals surface area contributed by atoms with Crippen LogP contribution in [0.5, 0.6) is 0 Å². The second-order valence-corrected chi connectivity index (χ2v) is 6.10. The molecule has 1 aliphatic rings. The molecule has 5 nitrogen and oxygen atoms in total. The van der Waals surface area contributed by atoms with Gasteiger partial charge < -0.3 is 16.0 Å². The van der Waals surface area contributed by atoms with E-state index >= 15 is 0 Å². The summed E-state index contributed by atoms with van der Waals surface area (Å²) in [5, 5.41) is 2.88. The number of likely N-dealkylation sites (tertiary alicyclic amines) is 1. The lowest BCUT2D eigenvalue weighted by molar-refractivity contribution is -0.132. The normalized spacial score (nSPS) is 22.4. The van der Waals surface area contributed by atoms with Crippen molar-refractivity contribution < 1.29 is 9.59 Å². The van der Waals surface area contributed by atoms with Crippen LogP contribution in [0.1, 0.15) is 38.3 Å².